The van der Waals surface area contributed by atoms with Crippen LogP contribution in [-0.4, -0.2) is 84.4 Å². The molecule has 336 valence electrons. The molecular formula is C44H50Cl2F2N14O2. The second-order valence-corrected chi connectivity index (χ2v) is 17.3. The zero-order chi connectivity index (χ0) is 43.5. The SMILES string of the molecule is Cl.Cl.Cn1nc(-c2cnc3[nH]cc(C(=O)NC4(C)CCC(N)CC4)c3n2)c2ccc(F)cc21.Cn1nc(-c2cnc3[nH]cc(C(=O)NC4(C)CCC(N)CC4)c3n2)c2ccc(F)cc21. The Kier molecular flexibility index (Phi) is 12.8. The van der Waals surface area contributed by atoms with Crippen molar-refractivity contribution in [2.75, 3.05) is 0 Å². The molecule has 0 bridgehead atoms. The summed E-state index contributed by atoms with van der Waals surface area (Å²) in [6.45, 7) is 4.11. The summed E-state index contributed by atoms with van der Waals surface area (Å²) >= 11 is 0. The van der Waals surface area contributed by atoms with Crippen molar-refractivity contribution in [1.82, 2.24) is 60.1 Å². The Bertz CT molecular complexity index is 2820. The molecule has 2 amide bonds. The molecule has 16 nitrogen and oxygen atoms in total. The van der Waals surface area contributed by atoms with E-state index in [0.717, 1.165) is 62.1 Å². The molecule has 6 heterocycles. The lowest BCUT2D eigenvalue weighted by molar-refractivity contribution is 0.0870. The van der Waals surface area contributed by atoms with Gasteiger partial charge in [-0.15, -0.1) is 24.8 Å². The predicted octanol–water partition coefficient (Wildman–Crippen LogP) is 6.92. The highest BCUT2D eigenvalue weighted by Crippen LogP contribution is 2.32. The van der Waals surface area contributed by atoms with Crippen molar-refractivity contribution in [3.63, 3.8) is 0 Å². The van der Waals surface area contributed by atoms with Crippen molar-refractivity contribution in [2.24, 2.45) is 25.6 Å². The number of hydrogen-bond acceptors (Lipinski definition) is 10. The Labute approximate surface area is 378 Å². The van der Waals surface area contributed by atoms with Crippen LogP contribution in [0, 0.1) is 11.6 Å². The van der Waals surface area contributed by atoms with Crippen molar-refractivity contribution < 1.29 is 18.4 Å². The Morgan fingerprint density at radius 2 is 1.05 bits per heavy atom. The van der Waals surface area contributed by atoms with Crippen LogP contribution in [0.5, 0.6) is 0 Å². The van der Waals surface area contributed by atoms with Gasteiger partial charge >= 0.3 is 0 Å². The minimum atomic E-state index is -0.328. The molecule has 2 aliphatic carbocycles. The van der Waals surface area contributed by atoms with E-state index in [4.69, 9.17) is 21.4 Å². The third kappa shape index (κ3) is 8.87. The van der Waals surface area contributed by atoms with Gasteiger partial charge in [0.05, 0.1) is 34.6 Å². The molecule has 0 saturated heterocycles. The lowest BCUT2D eigenvalue weighted by Gasteiger charge is -2.36. The summed E-state index contributed by atoms with van der Waals surface area (Å²) in [5.74, 6) is -1.04. The summed E-state index contributed by atoms with van der Waals surface area (Å²) in [6, 6.07) is 9.42. The van der Waals surface area contributed by atoms with E-state index in [1.807, 2.05) is 0 Å². The van der Waals surface area contributed by atoms with Gasteiger partial charge < -0.3 is 32.1 Å². The van der Waals surface area contributed by atoms with Gasteiger partial charge in [-0.3, -0.25) is 19.0 Å². The summed E-state index contributed by atoms with van der Waals surface area (Å²) in [4.78, 5) is 50.5. The fourth-order valence-corrected chi connectivity index (χ4v) is 8.68. The molecule has 6 aromatic heterocycles. The third-order valence-corrected chi connectivity index (χ3v) is 12.5. The molecule has 8 aromatic rings. The van der Waals surface area contributed by atoms with Crippen LogP contribution in [0.4, 0.5) is 8.78 Å². The molecule has 0 aliphatic heterocycles. The van der Waals surface area contributed by atoms with Crippen LogP contribution in [0.25, 0.3) is 66.9 Å². The fraction of sp³-hybridized carbons (Fsp3) is 0.364. The molecular weight excluding hydrogens is 865 g/mol. The number of carbonyl (C=O) groups is 2. The molecule has 2 aliphatic rings. The maximum atomic E-state index is 13.7. The van der Waals surface area contributed by atoms with Crippen LogP contribution in [0.1, 0.15) is 85.9 Å². The number of aryl methyl sites for hydroxylation is 2. The van der Waals surface area contributed by atoms with Crippen LogP contribution in [0.15, 0.2) is 61.2 Å². The monoisotopic (exact) mass is 914 g/mol. The van der Waals surface area contributed by atoms with Gasteiger partial charge in [-0.2, -0.15) is 10.2 Å². The Morgan fingerprint density at radius 1 is 0.672 bits per heavy atom. The Hall–Kier alpha value is -6.08. The number of carbonyl (C=O) groups excluding carboxylic acids is 2. The Balaban J connectivity index is 0.000000186. The quantitative estimate of drug-likeness (QED) is 0.101. The standard InChI is InChI=1S/2C22H24FN7O.2ClH/c2*1-22(7-5-13(24)6-8-22)28-21(31)15-10-25-20-19(15)27-16(11-26-20)18-14-4-3-12(23)9-17(14)30(2)29-18;;/h2*3-4,9-11,13H,5-8,24H2,1-2H3,(H,25,26)(H,28,31);2*1H. The number of halogens is 4. The van der Waals surface area contributed by atoms with Crippen LogP contribution < -0.4 is 22.1 Å². The van der Waals surface area contributed by atoms with Crippen molar-refractivity contribution in [1.29, 1.82) is 0 Å². The number of aromatic nitrogens is 10. The van der Waals surface area contributed by atoms with Crippen LogP contribution in [-0.2, 0) is 14.1 Å². The number of nitrogens with one attached hydrogen (secondary N) is 4. The molecule has 10 rings (SSSR count). The van der Waals surface area contributed by atoms with Gasteiger partial charge in [0.1, 0.15) is 45.4 Å². The average molecular weight is 916 g/mol. The number of H-pyrrole nitrogens is 2. The minimum Gasteiger partial charge on any atom is -0.347 e. The third-order valence-electron chi connectivity index (χ3n) is 12.5. The maximum absolute atomic E-state index is 13.7. The second kappa shape index (κ2) is 17.8. The molecule has 0 unspecified atom stereocenters. The van der Waals surface area contributed by atoms with Crippen molar-refractivity contribution in [3.05, 3.63) is 83.9 Å². The first kappa shape index (κ1) is 45.9. The average Bonchev–Trinajstić information content (AvgIpc) is 4.03. The number of nitrogens with two attached hydrogens (primary N) is 2. The van der Waals surface area contributed by atoms with Crippen molar-refractivity contribution in [3.8, 4) is 22.8 Å². The highest BCUT2D eigenvalue weighted by atomic mass is 35.5. The van der Waals surface area contributed by atoms with Gasteiger partial charge in [0, 0.05) is 60.4 Å². The van der Waals surface area contributed by atoms with Gasteiger partial charge in [-0.05, 0) is 102 Å². The van der Waals surface area contributed by atoms with Crippen molar-refractivity contribution >= 4 is 80.8 Å². The largest absolute Gasteiger partial charge is 0.347 e. The van der Waals surface area contributed by atoms with Gasteiger partial charge in [-0.1, -0.05) is 0 Å². The molecule has 64 heavy (non-hydrogen) atoms. The van der Waals surface area contributed by atoms with E-state index in [0.29, 0.717) is 67.3 Å². The first-order valence-corrected chi connectivity index (χ1v) is 20.8. The van der Waals surface area contributed by atoms with Crippen molar-refractivity contribution in [2.45, 2.75) is 88.4 Å². The topological polar surface area (TPSA) is 229 Å². The number of nitrogens with zero attached hydrogens (tertiary/aromatic N) is 8. The summed E-state index contributed by atoms with van der Waals surface area (Å²) in [7, 11) is 3.51. The van der Waals surface area contributed by atoms with E-state index in [1.54, 1.807) is 60.4 Å². The van der Waals surface area contributed by atoms with Gasteiger partial charge in [0.15, 0.2) is 11.3 Å². The van der Waals surface area contributed by atoms with Gasteiger partial charge in [0.25, 0.3) is 11.8 Å². The van der Waals surface area contributed by atoms with E-state index in [2.05, 4.69) is 54.6 Å². The summed E-state index contributed by atoms with van der Waals surface area (Å²) in [5.41, 5.74) is 17.9. The fourth-order valence-electron chi connectivity index (χ4n) is 8.68. The zero-order valence-electron chi connectivity index (χ0n) is 35.7. The van der Waals surface area contributed by atoms with Crippen LogP contribution in [0.3, 0.4) is 0 Å². The van der Waals surface area contributed by atoms with E-state index in [9.17, 15) is 18.4 Å². The first-order chi connectivity index (χ1) is 29.7. The molecule has 0 spiro atoms. The van der Waals surface area contributed by atoms with Crippen LogP contribution >= 0.6 is 24.8 Å². The summed E-state index contributed by atoms with van der Waals surface area (Å²) in [6.07, 6.45) is 13.4. The molecule has 0 atom stereocenters. The second-order valence-electron chi connectivity index (χ2n) is 17.3. The normalized spacial score (nSPS) is 20.9. The van der Waals surface area contributed by atoms with E-state index in [-0.39, 0.29) is 71.4 Å². The molecule has 0 radical (unpaired) electrons. The van der Waals surface area contributed by atoms with E-state index in [1.165, 1.54) is 24.3 Å². The first-order valence-electron chi connectivity index (χ1n) is 20.8. The highest BCUT2D eigenvalue weighted by molar-refractivity contribution is 6.06. The minimum absolute atomic E-state index is 0. The molecule has 8 N–H and O–H groups in total. The summed E-state index contributed by atoms with van der Waals surface area (Å²) < 4.78 is 30.5. The van der Waals surface area contributed by atoms with Gasteiger partial charge in [0.2, 0.25) is 0 Å². The number of amides is 2. The molecule has 2 fully saturated rings. The number of aromatic amines is 2. The lowest BCUT2D eigenvalue weighted by Crippen LogP contribution is -2.50. The Morgan fingerprint density at radius 3 is 1.42 bits per heavy atom. The lowest BCUT2D eigenvalue weighted by atomic mass is 9.81. The number of hydrogen-bond donors (Lipinski definition) is 6. The van der Waals surface area contributed by atoms with Crippen LogP contribution in [0.2, 0.25) is 0 Å². The number of benzene rings is 2. The zero-order valence-corrected chi connectivity index (χ0v) is 37.3. The smallest absolute Gasteiger partial charge is 0.255 e. The number of fused-ring (bicyclic) bond motifs is 4. The number of rotatable bonds is 6. The van der Waals surface area contributed by atoms with E-state index < -0.39 is 0 Å². The predicted molar refractivity (Wildman–Crippen MR) is 246 cm³/mol. The van der Waals surface area contributed by atoms with Gasteiger partial charge in [-0.25, -0.2) is 28.7 Å². The maximum Gasteiger partial charge on any atom is 0.255 e. The van der Waals surface area contributed by atoms with E-state index >= 15 is 0 Å². The molecule has 20 heteroatoms. The highest BCUT2D eigenvalue weighted by Gasteiger charge is 2.34. The molecule has 2 aromatic carbocycles. The molecule has 2 saturated carbocycles. The summed E-state index contributed by atoms with van der Waals surface area (Å²) in [5, 5.41) is 16.9.